The standard InChI is InChI=1S/C24H29NO2/c1-14-5-4-6-15(2)22(14)25-23(26)20-10-21(27-16(20)3)24-11-17-7-18(12-24)9-19(8-17)13-24/h4-6,10,17-19H,7-9,11-13H2,1-3H3,(H,25,26). The summed E-state index contributed by atoms with van der Waals surface area (Å²) in [5.74, 6) is 4.38. The Labute approximate surface area is 161 Å². The minimum atomic E-state index is -0.0513. The minimum Gasteiger partial charge on any atom is -0.465 e. The SMILES string of the molecule is Cc1cccc(C)c1NC(=O)c1cc(C23CC4CC(CC(C4)C2)C3)oc1C. The number of aryl methyl sites for hydroxylation is 3. The van der Waals surface area contributed by atoms with Gasteiger partial charge in [0.15, 0.2) is 0 Å². The lowest BCUT2D eigenvalue weighted by atomic mass is 9.49. The second-order valence-corrected chi connectivity index (χ2v) is 9.50. The molecule has 2 aromatic rings. The zero-order valence-corrected chi connectivity index (χ0v) is 16.6. The number of para-hydroxylation sites is 1. The summed E-state index contributed by atoms with van der Waals surface area (Å²) >= 11 is 0. The van der Waals surface area contributed by atoms with Gasteiger partial charge in [-0.25, -0.2) is 0 Å². The van der Waals surface area contributed by atoms with Crippen LogP contribution in [0, 0.1) is 38.5 Å². The number of benzene rings is 1. The highest BCUT2D eigenvalue weighted by molar-refractivity contribution is 6.05. The summed E-state index contributed by atoms with van der Waals surface area (Å²) in [6, 6.07) is 8.15. The third-order valence-corrected chi connectivity index (χ3v) is 7.44. The summed E-state index contributed by atoms with van der Waals surface area (Å²) in [6.07, 6.45) is 8.01. The summed E-state index contributed by atoms with van der Waals surface area (Å²) in [5, 5.41) is 3.12. The van der Waals surface area contributed by atoms with Gasteiger partial charge in [0.1, 0.15) is 11.5 Å². The molecule has 27 heavy (non-hydrogen) atoms. The monoisotopic (exact) mass is 363 g/mol. The van der Waals surface area contributed by atoms with E-state index in [1.807, 2.05) is 39.0 Å². The number of carbonyl (C=O) groups excluding carboxylic acids is 1. The van der Waals surface area contributed by atoms with Gasteiger partial charge in [-0.2, -0.15) is 0 Å². The van der Waals surface area contributed by atoms with E-state index in [1.54, 1.807) is 0 Å². The van der Waals surface area contributed by atoms with Crippen LogP contribution < -0.4 is 5.32 Å². The van der Waals surface area contributed by atoms with Gasteiger partial charge in [0.05, 0.1) is 5.56 Å². The summed E-state index contributed by atoms with van der Waals surface area (Å²) in [6.45, 7) is 6.00. The smallest absolute Gasteiger partial charge is 0.259 e. The van der Waals surface area contributed by atoms with Crippen molar-refractivity contribution in [2.75, 3.05) is 5.32 Å². The maximum atomic E-state index is 13.0. The Balaban J connectivity index is 1.44. The third-order valence-electron chi connectivity index (χ3n) is 7.44. The van der Waals surface area contributed by atoms with E-state index in [4.69, 9.17) is 4.42 Å². The molecule has 0 unspecified atom stereocenters. The van der Waals surface area contributed by atoms with Crippen molar-refractivity contribution in [3.63, 3.8) is 0 Å². The van der Waals surface area contributed by atoms with Crippen molar-refractivity contribution in [3.8, 4) is 0 Å². The lowest BCUT2D eigenvalue weighted by Gasteiger charge is -2.55. The highest BCUT2D eigenvalue weighted by Crippen LogP contribution is 2.61. The van der Waals surface area contributed by atoms with Crippen molar-refractivity contribution in [3.05, 3.63) is 52.5 Å². The van der Waals surface area contributed by atoms with Crippen molar-refractivity contribution < 1.29 is 9.21 Å². The number of furan rings is 1. The number of carbonyl (C=O) groups is 1. The van der Waals surface area contributed by atoms with Gasteiger partial charge in [0.2, 0.25) is 0 Å². The van der Waals surface area contributed by atoms with Gasteiger partial charge in [0, 0.05) is 11.1 Å². The number of rotatable bonds is 3. The Kier molecular flexibility index (Phi) is 3.79. The van der Waals surface area contributed by atoms with Crippen LogP contribution in [0.25, 0.3) is 0 Å². The molecule has 4 saturated carbocycles. The molecule has 4 bridgehead atoms. The van der Waals surface area contributed by atoms with E-state index in [9.17, 15) is 4.79 Å². The summed E-state index contributed by atoms with van der Waals surface area (Å²) in [4.78, 5) is 13.0. The first-order valence-electron chi connectivity index (χ1n) is 10.4. The Hall–Kier alpha value is -2.03. The fourth-order valence-corrected chi connectivity index (χ4v) is 6.57. The first kappa shape index (κ1) is 17.1. The van der Waals surface area contributed by atoms with Crippen LogP contribution in [-0.2, 0) is 5.41 Å². The van der Waals surface area contributed by atoms with Crippen molar-refractivity contribution >= 4 is 11.6 Å². The van der Waals surface area contributed by atoms with Crippen molar-refractivity contribution in [1.82, 2.24) is 0 Å². The lowest BCUT2D eigenvalue weighted by Crippen LogP contribution is -2.48. The summed E-state index contributed by atoms with van der Waals surface area (Å²) < 4.78 is 6.26. The molecule has 1 aromatic heterocycles. The van der Waals surface area contributed by atoms with Gasteiger partial charge >= 0.3 is 0 Å². The molecule has 1 amide bonds. The van der Waals surface area contributed by atoms with Crippen LogP contribution in [0.4, 0.5) is 5.69 Å². The summed E-state index contributed by atoms with van der Waals surface area (Å²) in [5.41, 5.74) is 3.98. The number of anilines is 1. The van der Waals surface area contributed by atoms with Crippen LogP contribution >= 0.6 is 0 Å². The minimum absolute atomic E-state index is 0.0513. The zero-order valence-electron chi connectivity index (χ0n) is 16.6. The summed E-state index contributed by atoms with van der Waals surface area (Å²) in [7, 11) is 0. The van der Waals surface area contributed by atoms with Gasteiger partial charge in [-0.05, 0) is 94.2 Å². The molecule has 1 N–H and O–H groups in total. The predicted molar refractivity (Wildman–Crippen MR) is 107 cm³/mol. The maximum Gasteiger partial charge on any atom is 0.259 e. The zero-order chi connectivity index (χ0) is 18.8. The Morgan fingerprint density at radius 3 is 2.11 bits per heavy atom. The van der Waals surface area contributed by atoms with Crippen molar-refractivity contribution in [2.24, 2.45) is 17.8 Å². The first-order chi connectivity index (χ1) is 12.9. The van der Waals surface area contributed by atoms with Crippen LogP contribution in [-0.4, -0.2) is 5.91 Å². The van der Waals surface area contributed by atoms with Crippen molar-refractivity contribution in [1.29, 1.82) is 0 Å². The Morgan fingerprint density at radius 1 is 1.00 bits per heavy atom. The predicted octanol–water partition coefficient (Wildman–Crippen LogP) is 5.92. The van der Waals surface area contributed by atoms with E-state index in [-0.39, 0.29) is 11.3 Å². The van der Waals surface area contributed by atoms with Crippen LogP contribution in [0.15, 0.2) is 28.7 Å². The molecule has 4 aliphatic rings. The van der Waals surface area contributed by atoms with Gasteiger partial charge in [-0.15, -0.1) is 0 Å². The average molecular weight is 364 g/mol. The molecule has 3 heteroatoms. The first-order valence-corrected chi connectivity index (χ1v) is 10.4. The molecule has 1 aromatic carbocycles. The van der Waals surface area contributed by atoms with Crippen LogP contribution in [0.1, 0.15) is 71.5 Å². The molecule has 6 rings (SSSR count). The van der Waals surface area contributed by atoms with Gasteiger partial charge < -0.3 is 9.73 Å². The highest BCUT2D eigenvalue weighted by Gasteiger charge is 2.53. The molecule has 0 radical (unpaired) electrons. The molecule has 0 aliphatic heterocycles. The molecule has 4 fully saturated rings. The van der Waals surface area contributed by atoms with Crippen LogP contribution in [0.3, 0.4) is 0 Å². The molecule has 0 saturated heterocycles. The molecule has 0 spiro atoms. The van der Waals surface area contributed by atoms with E-state index < -0.39 is 0 Å². The molecule has 3 nitrogen and oxygen atoms in total. The topological polar surface area (TPSA) is 42.2 Å². The van der Waals surface area contributed by atoms with E-state index >= 15 is 0 Å². The van der Waals surface area contributed by atoms with Gasteiger partial charge in [0.25, 0.3) is 5.91 Å². The number of amides is 1. The fraction of sp³-hybridized carbons (Fsp3) is 0.542. The second kappa shape index (κ2) is 5.98. The third kappa shape index (κ3) is 2.74. The molecular formula is C24H29NO2. The fourth-order valence-electron chi connectivity index (χ4n) is 6.57. The number of hydrogen-bond donors (Lipinski definition) is 1. The van der Waals surface area contributed by atoms with E-state index in [1.165, 1.54) is 38.5 Å². The molecule has 142 valence electrons. The Morgan fingerprint density at radius 2 is 1.56 bits per heavy atom. The molecule has 0 atom stereocenters. The van der Waals surface area contributed by atoms with Crippen LogP contribution in [0.2, 0.25) is 0 Å². The molecule has 4 aliphatic carbocycles. The van der Waals surface area contributed by atoms with Gasteiger partial charge in [-0.1, -0.05) is 18.2 Å². The Bertz CT molecular complexity index is 852. The maximum absolute atomic E-state index is 13.0. The van der Waals surface area contributed by atoms with E-state index in [0.717, 1.165) is 46.1 Å². The largest absolute Gasteiger partial charge is 0.465 e. The quantitative estimate of drug-likeness (QED) is 0.735. The van der Waals surface area contributed by atoms with Gasteiger partial charge in [-0.3, -0.25) is 4.79 Å². The number of nitrogens with one attached hydrogen (secondary N) is 1. The van der Waals surface area contributed by atoms with E-state index in [0.29, 0.717) is 5.56 Å². The van der Waals surface area contributed by atoms with Crippen molar-refractivity contribution in [2.45, 2.75) is 64.7 Å². The normalized spacial score (nSPS) is 31.3. The molecule has 1 heterocycles. The number of hydrogen-bond acceptors (Lipinski definition) is 2. The molecular weight excluding hydrogens is 334 g/mol. The lowest BCUT2D eigenvalue weighted by molar-refractivity contribution is -0.0154. The second-order valence-electron chi connectivity index (χ2n) is 9.50. The average Bonchev–Trinajstić information content (AvgIpc) is 3.00. The highest BCUT2D eigenvalue weighted by atomic mass is 16.3. The van der Waals surface area contributed by atoms with Crippen LogP contribution in [0.5, 0.6) is 0 Å². The van der Waals surface area contributed by atoms with E-state index in [2.05, 4.69) is 11.4 Å².